The van der Waals surface area contributed by atoms with Crippen LogP contribution in [0.2, 0.25) is 0 Å². The number of alkyl carbamates (subject to hydrolysis) is 1. The van der Waals surface area contributed by atoms with Gasteiger partial charge in [-0.3, -0.25) is 0 Å². The zero-order chi connectivity index (χ0) is 18.4. The van der Waals surface area contributed by atoms with Crippen LogP contribution < -0.4 is 15.4 Å². The molecule has 2 rings (SSSR count). The minimum atomic E-state index is -0.447. The summed E-state index contributed by atoms with van der Waals surface area (Å²) in [4.78, 5) is 11.8. The predicted molar refractivity (Wildman–Crippen MR) is 104 cm³/mol. The van der Waals surface area contributed by atoms with E-state index in [1.54, 1.807) is 7.11 Å². The van der Waals surface area contributed by atoms with E-state index in [1.165, 1.54) is 0 Å². The molecule has 1 amide bonds. The second kappa shape index (κ2) is 8.79. The molecular weight excluding hydrogens is 384 g/mol. The van der Waals surface area contributed by atoms with Crippen LogP contribution in [0.3, 0.4) is 0 Å². The highest BCUT2D eigenvalue weighted by Gasteiger charge is 2.24. The van der Waals surface area contributed by atoms with Crippen molar-refractivity contribution in [3.8, 4) is 5.75 Å². The van der Waals surface area contributed by atoms with E-state index < -0.39 is 5.60 Å². The number of benzene rings is 1. The molecule has 25 heavy (non-hydrogen) atoms. The molecule has 140 valence electrons. The summed E-state index contributed by atoms with van der Waals surface area (Å²) in [7, 11) is 1.67. The van der Waals surface area contributed by atoms with Crippen molar-refractivity contribution in [2.75, 3.05) is 19.0 Å². The average Bonchev–Trinajstić information content (AvgIpc) is 2.53. The van der Waals surface area contributed by atoms with Crippen molar-refractivity contribution >= 4 is 27.7 Å². The van der Waals surface area contributed by atoms with E-state index in [-0.39, 0.29) is 12.1 Å². The summed E-state index contributed by atoms with van der Waals surface area (Å²) in [5.74, 6) is 1.45. The number of methoxy groups -OCH3 is 1. The maximum Gasteiger partial charge on any atom is 0.407 e. The van der Waals surface area contributed by atoms with E-state index in [0.29, 0.717) is 5.92 Å². The van der Waals surface area contributed by atoms with Gasteiger partial charge in [0.25, 0.3) is 0 Å². The minimum absolute atomic E-state index is 0.221. The number of carbonyl (C=O) groups excluding carboxylic acids is 1. The lowest BCUT2D eigenvalue weighted by Gasteiger charge is -2.30. The van der Waals surface area contributed by atoms with Crippen LogP contribution in [0.1, 0.15) is 46.5 Å². The first-order valence-electron chi connectivity index (χ1n) is 8.84. The van der Waals surface area contributed by atoms with Gasteiger partial charge in [-0.05, 0) is 80.4 Å². The molecule has 0 spiro atoms. The second-order valence-corrected chi connectivity index (χ2v) is 8.45. The van der Waals surface area contributed by atoms with Crippen LogP contribution in [0, 0.1) is 5.92 Å². The van der Waals surface area contributed by atoms with Gasteiger partial charge < -0.3 is 20.1 Å². The molecule has 6 heteroatoms. The Kier molecular flexibility index (Phi) is 6.99. The lowest BCUT2D eigenvalue weighted by Crippen LogP contribution is -2.41. The largest absolute Gasteiger partial charge is 0.495 e. The van der Waals surface area contributed by atoms with Crippen LogP contribution in [-0.2, 0) is 4.74 Å². The predicted octanol–water partition coefficient (Wildman–Crippen LogP) is 4.95. The summed E-state index contributed by atoms with van der Waals surface area (Å²) in [6, 6.07) is 6.25. The summed E-state index contributed by atoms with van der Waals surface area (Å²) in [6.07, 6.45) is 3.88. The van der Waals surface area contributed by atoms with Crippen molar-refractivity contribution in [1.29, 1.82) is 0 Å². The third-order valence-corrected chi connectivity index (χ3v) is 4.97. The molecule has 0 saturated heterocycles. The van der Waals surface area contributed by atoms with E-state index in [2.05, 4.69) is 26.6 Å². The first-order valence-corrected chi connectivity index (χ1v) is 9.63. The highest BCUT2D eigenvalue weighted by atomic mass is 79.9. The molecule has 1 fully saturated rings. The van der Waals surface area contributed by atoms with Crippen LogP contribution >= 0.6 is 15.9 Å². The average molecular weight is 413 g/mol. The van der Waals surface area contributed by atoms with E-state index in [1.807, 2.05) is 39.0 Å². The summed E-state index contributed by atoms with van der Waals surface area (Å²) in [5, 5.41) is 6.48. The molecule has 0 atom stereocenters. The fourth-order valence-corrected chi connectivity index (χ4v) is 3.43. The van der Waals surface area contributed by atoms with E-state index in [9.17, 15) is 4.79 Å². The number of nitrogens with one attached hydrogen (secondary N) is 2. The lowest BCUT2D eigenvalue weighted by molar-refractivity contribution is 0.0488. The van der Waals surface area contributed by atoms with Crippen molar-refractivity contribution in [1.82, 2.24) is 5.32 Å². The summed E-state index contributed by atoms with van der Waals surface area (Å²) >= 11 is 3.46. The molecule has 1 aromatic carbocycles. The summed E-state index contributed by atoms with van der Waals surface area (Å²) in [6.45, 7) is 6.58. The number of hydrogen-bond acceptors (Lipinski definition) is 4. The quantitative estimate of drug-likeness (QED) is 0.717. The number of hydrogen-bond donors (Lipinski definition) is 2. The Balaban J connectivity index is 1.73. The molecular formula is C19H29BrN2O3. The molecule has 5 nitrogen and oxygen atoms in total. The molecule has 1 aromatic rings. The molecule has 1 aliphatic carbocycles. The van der Waals surface area contributed by atoms with Gasteiger partial charge >= 0.3 is 6.09 Å². The SMILES string of the molecule is COc1cc(NC[C@H]2CC[C@H](NC(=O)OC(C)(C)C)CC2)ccc1Br. The van der Waals surface area contributed by atoms with Crippen molar-refractivity contribution < 1.29 is 14.3 Å². The lowest BCUT2D eigenvalue weighted by atomic mass is 9.86. The third kappa shape index (κ3) is 6.77. The topological polar surface area (TPSA) is 59.6 Å². The third-order valence-electron chi connectivity index (χ3n) is 4.31. The van der Waals surface area contributed by atoms with E-state index in [4.69, 9.17) is 9.47 Å². The number of carbonyl (C=O) groups is 1. The highest BCUT2D eigenvalue weighted by molar-refractivity contribution is 9.10. The molecule has 2 N–H and O–H groups in total. The normalized spacial score (nSPS) is 20.7. The van der Waals surface area contributed by atoms with Gasteiger partial charge in [0.05, 0.1) is 11.6 Å². The Hall–Kier alpha value is -1.43. The highest BCUT2D eigenvalue weighted by Crippen LogP contribution is 2.29. The maximum atomic E-state index is 11.8. The smallest absolute Gasteiger partial charge is 0.407 e. The van der Waals surface area contributed by atoms with Gasteiger partial charge in [0.1, 0.15) is 11.4 Å². The zero-order valence-corrected chi connectivity index (χ0v) is 17.1. The van der Waals surface area contributed by atoms with Crippen LogP contribution in [-0.4, -0.2) is 31.4 Å². The minimum Gasteiger partial charge on any atom is -0.495 e. The van der Waals surface area contributed by atoms with Crippen molar-refractivity contribution in [3.63, 3.8) is 0 Å². The van der Waals surface area contributed by atoms with Crippen LogP contribution in [0.25, 0.3) is 0 Å². The molecule has 0 unspecified atom stereocenters. The van der Waals surface area contributed by atoms with Gasteiger partial charge in [-0.15, -0.1) is 0 Å². The number of anilines is 1. The maximum absolute atomic E-state index is 11.8. The Labute approximate surface area is 159 Å². The molecule has 0 aliphatic heterocycles. The Morgan fingerprint density at radius 3 is 2.52 bits per heavy atom. The number of halogens is 1. The van der Waals surface area contributed by atoms with Gasteiger partial charge in [-0.2, -0.15) is 0 Å². The van der Waals surface area contributed by atoms with Crippen molar-refractivity contribution in [2.24, 2.45) is 5.92 Å². The van der Waals surface area contributed by atoms with E-state index in [0.717, 1.165) is 48.1 Å². The summed E-state index contributed by atoms with van der Waals surface area (Å²) in [5.41, 5.74) is 0.616. The van der Waals surface area contributed by atoms with Crippen molar-refractivity contribution in [2.45, 2.75) is 58.1 Å². The molecule has 0 heterocycles. The molecule has 1 aliphatic rings. The van der Waals surface area contributed by atoms with Gasteiger partial charge in [-0.25, -0.2) is 4.79 Å². The second-order valence-electron chi connectivity index (χ2n) is 7.59. The monoisotopic (exact) mass is 412 g/mol. The van der Waals surface area contributed by atoms with E-state index >= 15 is 0 Å². The number of ether oxygens (including phenoxy) is 2. The van der Waals surface area contributed by atoms with Gasteiger partial charge in [0.15, 0.2) is 0 Å². The Morgan fingerprint density at radius 1 is 1.24 bits per heavy atom. The van der Waals surface area contributed by atoms with Crippen LogP contribution in [0.5, 0.6) is 5.75 Å². The number of rotatable bonds is 5. The Bertz CT molecular complexity index is 579. The Morgan fingerprint density at radius 2 is 1.92 bits per heavy atom. The fraction of sp³-hybridized carbons (Fsp3) is 0.632. The zero-order valence-electron chi connectivity index (χ0n) is 15.5. The number of amides is 1. The van der Waals surface area contributed by atoms with Gasteiger partial charge in [0, 0.05) is 24.3 Å². The summed E-state index contributed by atoms with van der Waals surface area (Å²) < 4.78 is 11.6. The van der Waals surface area contributed by atoms with Crippen LogP contribution in [0.15, 0.2) is 22.7 Å². The van der Waals surface area contributed by atoms with Gasteiger partial charge in [-0.1, -0.05) is 0 Å². The fourth-order valence-electron chi connectivity index (χ4n) is 3.02. The molecule has 0 radical (unpaired) electrons. The first kappa shape index (κ1) is 19.9. The van der Waals surface area contributed by atoms with Crippen LogP contribution in [0.4, 0.5) is 10.5 Å². The molecule has 0 aromatic heterocycles. The van der Waals surface area contributed by atoms with Gasteiger partial charge in [0.2, 0.25) is 0 Å². The first-order chi connectivity index (χ1) is 11.8. The van der Waals surface area contributed by atoms with Crippen molar-refractivity contribution in [3.05, 3.63) is 22.7 Å². The standard InChI is InChI=1S/C19H29BrN2O3/c1-19(2,3)25-18(23)22-14-7-5-13(6-8-14)12-21-15-9-10-16(20)17(11-15)24-4/h9-11,13-14,21H,5-8,12H2,1-4H3,(H,22,23)/t13-,14-. The molecule has 1 saturated carbocycles. The molecule has 0 bridgehead atoms.